The maximum absolute atomic E-state index is 12.8. The predicted molar refractivity (Wildman–Crippen MR) is 106 cm³/mol. The van der Waals surface area contributed by atoms with Crippen LogP contribution in [-0.2, 0) is 9.47 Å². The molecule has 5 nitrogen and oxygen atoms in total. The summed E-state index contributed by atoms with van der Waals surface area (Å²) in [7, 11) is 0. The summed E-state index contributed by atoms with van der Waals surface area (Å²) in [6, 6.07) is 0.235. The largest absolute Gasteiger partial charge is 0.456 e. The van der Waals surface area contributed by atoms with Gasteiger partial charge in [-0.1, -0.05) is 31.5 Å². The van der Waals surface area contributed by atoms with Gasteiger partial charge in [0.1, 0.15) is 26.3 Å². The molecular formula is C19H29NO4S2. The van der Waals surface area contributed by atoms with Crippen molar-refractivity contribution in [3.05, 3.63) is 15.1 Å². The minimum atomic E-state index is -0.665. The van der Waals surface area contributed by atoms with Crippen molar-refractivity contribution in [2.24, 2.45) is 0 Å². The number of nitrogens with zero attached hydrogens (tertiary/aromatic N) is 1. The fourth-order valence-corrected chi connectivity index (χ4v) is 4.55. The zero-order valence-corrected chi connectivity index (χ0v) is 18.1. The fourth-order valence-electron chi connectivity index (χ4n) is 2.92. The number of aromatic nitrogens is 1. The maximum Gasteiger partial charge on any atom is 0.351 e. The van der Waals surface area contributed by atoms with E-state index in [4.69, 9.17) is 21.7 Å². The van der Waals surface area contributed by atoms with Crippen LogP contribution in [0.1, 0.15) is 99.7 Å². The van der Waals surface area contributed by atoms with Crippen LogP contribution >= 0.6 is 23.8 Å². The third-order valence-electron chi connectivity index (χ3n) is 3.92. The first kappa shape index (κ1) is 21.1. The molecular weight excluding hydrogens is 370 g/mol. The number of carbonyl (C=O) groups excluding carboxylic acids is 2. The molecule has 1 fully saturated rings. The second kappa shape index (κ2) is 7.80. The van der Waals surface area contributed by atoms with E-state index < -0.39 is 23.1 Å². The zero-order chi connectivity index (χ0) is 19.7. The van der Waals surface area contributed by atoms with Gasteiger partial charge in [0.05, 0.1) is 0 Å². The van der Waals surface area contributed by atoms with E-state index in [9.17, 15) is 9.59 Å². The molecule has 1 aromatic heterocycles. The Kier molecular flexibility index (Phi) is 6.33. The quantitative estimate of drug-likeness (QED) is 0.482. The van der Waals surface area contributed by atoms with Crippen molar-refractivity contribution in [1.29, 1.82) is 0 Å². The molecule has 0 bridgehead atoms. The van der Waals surface area contributed by atoms with Crippen molar-refractivity contribution in [3.63, 3.8) is 0 Å². The second-order valence-electron chi connectivity index (χ2n) is 8.72. The molecule has 0 atom stereocenters. The molecule has 0 N–H and O–H groups in total. The van der Waals surface area contributed by atoms with Crippen LogP contribution in [0, 0.1) is 4.64 Å². The number of ether oxygens (including phenoxy) is 2. The number of esters is 2. The van der Waals surface area contributed by atoms with Crippen molar-refractivity contribution in [1.82, 2.24) is 3.96 Å². The normalized spacial score (nSPS) is 16.4. The first-order chi connectivity index (χ1) is 11.9. The van der Waals surface area contributed by atoms with Gasteiger partial charge in [0, 0.05) is 6.04 Å². The van der Waals surface area contributed by atoms with Crippen LogP contribution in [0.2, 0.25) is 0 Å². The van der Waals surface area contributed by atoms with Crippen LogP contribution < -0.4 is 0 Å². The van der Waals surface area contributed by atoms with Crippen molar-refractivity contribution < 1.29 is 19.1 Å². The van der Waals surface area contributed by atoms with E-state index in [0.717, 1.165) is 25.7 Å². The van der Waals surface area contributed by atoms with Crippen molar-refractivity contribution in [2.45, 2.75) is 90.9 Å². The summed E-state index contributed by atoms with van der Waals surface area (Å²) < 4.78 is 13.3. The van der Waals surface area contributed by atoms with Gasteiger partial charge in [-0.15, -0.1) is 0 Å². The van der Waals surface area contributed by atoms with E-state index in [2.05, 4.69) is 0 Å². The number of rotatable bonds is 3. The van der Waals surface area contributed by atoms with Crippen molar-refractivity contribution in [2.75, 3.05) is 0 Å². The minimum absolute atomic E-state index is 0.166. The molecule has 0 saturated heterocycles. The Balaban J connectivity index is 2.48. The Labute approximate surface area is 164 Å². The van der Waals surface area contributed by atoms with Gasteiger partial charge in [0.2, 0.25) is 0 Å². The molecule has 0 unspecified atom stereocenters. The molecule has 7 heteroatoms. The molecule has 1 aromatic rings. The Bertz CT molecular complexity index is 728. The fraction of sp³-hybridized carbons (Fsp3) is 0.737. The molecule has 1 saturated carbocycles. The third kappa shape index (κ3) is 5.39. The summed E-state index contributed by atoms with van der Waals surface area (Å²) in [6.07, 6.45) is 5.50. The van der Waals surface area contributed by atoms with Gasteiger partial charge in [-0.2, -0.15) is 0 Å². The predicted octanol–water partition coefficient (Wildman–Crippen LogP) is 5.69. The van der Waals surface area contributed by atoms with Gasteiger partial charge in [0.25, 0.3) is 0 Å². The van der Waals surface area contributed by atoms with Gasteiger partial charge < -0.3 is 9.47 Å². The van der Waals surface area contributed by atoms with Gasteiger partial charge in [0.15, 0.2) is 0 Å². The average Bonchev–Trinajstić information content (AvgIpc) is 2.82. The van der Waals surface area contributed by atoms with Crippen LogP contribution in [0.3, 0.4) is 0 Å². The summed E-state index contributed by atoms with van der Waals surface area (Å²) in [5, 5.41) is 0. The Hall–Kier alpha value is -1.21. The molecule has 0 radical (unpaired) electrons. The average molecular weight is 400 g/mol. The summed E-state index contributed by atoms with van der Waals surface area (Å²) in [6.45, 7) is 10.8. The van der Waals surface area contributed by atoms with Crippen LogP contribution in [0.5, 0.6) is 0 Å². The van der Waals surface area contributed by atoms with E-state index in [0.29, 0.717) is 4.64 Å². The second-order valence-corrected chi connectivity index (χ2v) is 10.1. The van der Waals surface area contributed by atoms with Gasteiger partial charge in [-0.25, -0.2) is 9.59 Å². The molecule has 0 amide bonds. The molecule has 1 heterocycles. The third-order valence-corrected chi connectivity index (χ3v) is 5.67. The Morgan fingerprint density at radius 1 is 0.962 bits per heavy atom. The molecule has 1 aliphatic rings. The topological polar surface area (TPSA) is 57.5 Å². The van der Waals surface area contributed by atoms with Gasteiger partial charge in [-0.3, -0.25) is 3.96 Å². The number of carbonyl (C=O) groups is 2. The highest BCUT2D eigenvalue weighted by Gasteiger charge is 2.32. The molecule has 146 valence electrons. The van der Waals surface area contributed by atoms with Crippen LogP contribution in [0.4, 0.5) is 0 Å². The summed E-state index contributed by atoms with van der Waals surface area (Å²) in [5.74, 6) is -1.09. The lowest BCUT2D eigenvalue weighted by molar-refractivity contribution is 0.00229. The summed E-state index contributed by atoms with van der Waals surface area (Å²) in [4.78, 5) is 25.7. The van der Waals surface area contributed by atoms with Crippen LogP contribution in [0.25, 0.3) is 0 Å². The molecule has 2 rings (SSSR count). The number of hydrogen-bond acceptors (Lipinski definition) is 6. The maximum atomic E-state index is 12.8. The monoisotopic (exact) mass is 399 g/mol. The molecule has 0 aliphatic heterocycles. The summed E-state index contributed by atoms with van der Waals surface area (Å²) in [5.41, 5.74) is -1.15. The smallest absolute Gasteiger partial charge is 0.351 e. The Morgan fingerprint density at radius 2 is 1.46 bits per heavy atom. The minimum Gasteiger partial charge on any atom is -0.456 e. The highest BCUT2D eigenvalue weighted by atomic mass is 32.1. The Morgan fingerprint density at radius 3 is 1.96 bits per heavy atom. The van der Waals surface area contributed by atoms with E-state index in [1.807, 2.05) is 3.96 Å². The lowest BCUT2D eigenvalue weighted by Gasteiger charge is -2.22. The van der Waals surface area contributed by atoms with E-state index in [1.54, 1.807) is 41.5 Å². The highest BCUT2D eigenvalue weighted by molar-refractivity contribution is 7.71. The standard InChI is InChI=1S/C19H29NO4S2/c1-18(2,3)23-16(21)13-14(17(22)24-19(4,5)6)26-20(15(13)25)12-10-8-7-9-11-12/h12H,7-11H2,1-6H3. The lowest BCUT2D eigenvalue weighted by Crippen LogP contribution is -2.27. The first-order valence-corrected chi connectivity index (χ1v) is 10.3. The van der Waals surface area contributed by atoms with E-state index >= 15 is 0 Å². The van der Waals surface area contributed by atoms with E-state index in [1.165, 1.54) is 18.0 Å². The zero-order valence-electron chi connectivity index (χ0n) is 16.5. The SMILES string of the molecule is CC(C)(C)OC(=O)c1sn(C2CCCCC2)c(=S)c1C(=O)OC(C)(C)C. The van der Waals surface area contributed by atoms with Crippen LogP contribution in [0.15, 0.2) is 0 Å². The highest BCUT2D eigenvalue weighted by Crippen LogP contribution is 2.34. The number of hydrogen-bond donors (Lipinski definition) is 0. The van der Waals surface area contributed by atoms with E-state index in [-0.39, 0.29) is 16.5 Å². The summed E-state index contributed by atoms with van der Waals surface area (Å²) >= 11 is 6.82. The van der Waals surface area contributed by atoms with Gasteiger partial charge >= 0.3 is 11.9 Å². The van der Waals surface area contributed by atoms with Crippen molar-refractivity contribution >= 4 is 35.7 Å². The lowest BCUT2D eigenvalue weighted by atomic mass is 9.96. The first-order valence-electron chi connectivity index (χ1n) is 9.11. The van der Waals surface area contributed by atoms with Crippen LogP contribution in [-0.4, -0.2) is 27.1 Å². The molecule has 0 spiro atoms. The molecule has 26 heavy (non-hydrogen) atoms. The molecule has 0 aromatic carbocycles. The van der Waals surface area contributed by atoms with Crippen molar-refractivity contribution in [3.8, 4) is 0 Å². The molecule has 1 aliphatic carbocycles. The van der Waals surface area contributed by atoms with Gasteiger partial charge in [-0.05, 0) is 65.9 Å².